The minimum atomic E-state index is -0.958. The van der Waals surface area contributed by atoms with E-state index in [-0.39, 0.29) is 0 Å². The van der Waals surface area contributed by atoms with Crippen molar-refractivity contribution in [2.45, 2.75) is 6.61 Å². The van der Waals surface area contributed by atoms with E-state index in [4.69, 9.17) is 14.6 Å². The maximum Gasteiger partial charge on any atom is 0.328 e. The summed E-state index contributed by atoms with van der Waals surface area (Å²) in [5.74, 6) is 0.534. The van der Waals surface area contributed by atoms with Gasteiger partial charge in [-0.2, -0.15) is 0 Å². The third kappa shape index (κ3) is 4.69. The fourth-order valence-corrected chi connectivity index (χ4v) is 1.75. The summed E-state index contributed by atoms with van der Waals surface area (Å²) < 4.78 is 10.8. The molecule has 0 aliphatic rings. The molecule has 0 amide bonds. The second-order valence-electron chi connectivity index (χ2n) is 4.38. The maximum atomic E-state index is 10.4. The van der Waals surface area contributed by atoms with Crippen LogP contribution in [0.15, 0.2) is 54.6 Å². The Bertz CT molecular complexity index is 629. The summed E-state index contributed by atoms with van der Waals surface area (Å²) in [6.45, 7) is 0.441. The molecule has 108 valence electrons. The molecule has 0 spiro atoms. The Morgan fingerprint density at radius 2 is 1.86 bits per heavy atom. The SMILES string of the molecule is COc1cccc(OCc2ccc(C=CC(=O)O)cc2)c1. The lowest BCUT2D eigenvalue weighted by Gasteiger charge is -2.08. The van der Waals surface area contributed by atoms with Gasteiger partial charge in [0.15, 0.2) is 0 Å². The molecule has 4 heteroatoms. The van der Waals surface area contributed by atoms with Gasteiger partial charge in [-0.3, -0.25) is 0 Å². The molecule has 0 aliphatic heterocycles. The zero-order chi connectivity index (χ0) is 15.1. The smallest absolute Gasteiger partial charge is 0.328 e. The fourth-order valence-electron chi connectivity index (χ4n) is 1.75. The Morgan fingerprint density at radius 3 is 2.52 bits per heavy atom. The molecular formula is C17H16O4. The van der Waals surface area contributed by atoms with E-state index in [1.54, 1.807) is 13.2 Å². The van der Waals surface area contributed by atoms with E-state index < -0.39 is 5.97 Å². The first-order valence-corrected chi connectivity index (χ1v) is 6.44. The fraction of sp³-hybridized carbons (Fsp3) is 0.118. The van der Waals surface area contributed by atoms with Crippen LogP contribution in [0.5, 0.6) is 11.5 Å². The van der Waals surface area contributed by atoms with Gasteiger partial charge in [-0.15, -0.1) is 0 Å². The van der Waals surface area contributed by atoms with E-state index >= 15 is 0 Å². The number of rotatable bonds is 6. The topological polar surface area (TPSA) is 55.8 Å². The van der Waals surface area contributed by atoms with Crippen LogP contribution >= 0.6 is 0 Å². The van der Waals surface area contributed by atoms with E-state index in [2.05, 4.69) is 0 Å². The molecule has 4 nitrogen and oxygen atoms in total. The van der Waals surface area contributed by atoms with Gasteiger partial charge in [-0.05, 0) is 29.3 Å². The third-order valence-corrected chi connectivity index (χ3v) is 2.84. The molecule has 0 bridgehead atoms. The predicted octanol–water partition coefficient (Wildman–Crippen LogP) is 3.37. The highest BCUT2D eigenvalue weighted by Crippen LogP contribution is 2.20. The highest BCUT2D eigenvalue weighted by atomic mass is 16.5. The van der Waals surface area contributed by atoms with Crippen molar-refractivity contribution in [2.24, 2.45) is 0 Å². The van der Waals surface area contributed by atoms with Gasteiger partial charge in [0, 0.05) is 12.1 Å². The lowest BCUT2D eigenvalue weighted by Crippen LogP contribution is -1.95. The van der Waals surface area contributed by atoms with Crippen molar-refractivity contribution in [1.82, 2.24) is 0 Å². The number of benzene rings is 2. The molecule has 0 saturated heterocycles. The van der Waals surface area contributed by atoms with Crippen LogP contribution in [0, 0.1) is 0 Å². The summed E-state index contributed by atoms with van der Waals surface area (Å²) in [4.78, 5) is 10.4. The zero-order valence-electron chi connectivity index (χ0n) is 11.7. The number of carboxylic acids is 1. The first-order chi connectivity index (χ1) is 10.2. The second-order valence-corrected chi connectivity index (χ2v) is 4.38. The number of hydrogen-bond acceptors (Lipinski definition) is 3. The van der Waals surface area contributed by atoms with E-state index in [9.17, 15) is 4.79 Å². The van der Waals surface area contributed by atoms with Crippen molar-refractivity contribution < 1.29 is 19.4 Å². The van der Waals surface area contributed by atoms with Crippen LogP contribution in [0.25, 0.3) is 6.08 Å². The Labute approximate surface area is 123 Å². The normalized spacial score (nSPS) is 10.5. The van der Waals surface area contributed by atoms with Crippen molar-refractivity contribution in [3.05, 3.63) is 65.7 Å². The van der Waals surface area contributed by atoms with E-state index in [1.807, 2.05) is 48.5 Å². The molecule has 0 saturated carbocycles. The molecular weight excluding hydrogens is 268 g/mol. The first kappa shape index (κ1) is 14.7. The Morgan fingerprint density at radius 1 is 1.14 bits per heavy atom. The average molecular weight is 284 g/mol. The molecule has 0 unspecified atom stereocenters. The van der Waals surface area contributed by atoms with Gasteiger partial charge in [-0.25, -0.2) is 4.79 Å². The molecule has 0 fully saturated rings. The van der Waals surface area contributed by atoms with E-state index in [0.29, 0.717) is 6.61 Å². The van der Waals surface area contributed by atoms with Crippen molar-refractivity contribution in [3.63, 3.8) is 0 Å². The van der Waals surface area contributed by atoms with Crippen LogP contribution in [0.3, 0.4) is 0 Å². The molecule has 2 aromatic carbocycles. The van der Waals surface area contributed by atoms with Gasteiger partial charge in [-0.1, -0.05) is 30.3 Å². The molecule has 2 aromatic rings. The molecule has 0 aromatic heterocycles. The van der Waals surface area contributed by atoms with Gasteiger partial charge >= 0.3 is 5.97 Å². The highest BCUT2D eigenvalue weighted by molar-refractivity contribution is 5.85. The number of carboxylic acid groups (broad SMARTS) is 1. The third-order valence-electron chi connectivity index (χ3n) is 2.84. The van der Waals surface area contributed by atoms with Crippen molar-refractivity contribution in [2.75, 3.05) is 7.11 Å². The van der Waals surface area contributed by atoms with Crippen LogP contribution < -0.4 is 9.47 Å². The van der Waals surface area contributed by atoms with E-state index in [1.165, 1.54) is 0 Å². The highest BCUT2D eigenvalue weighted by Gasteiger charge is 1.98. The van der Waals surface area contributed by atoms with Crippen LogP contribution in [0.1, 0.15) is 11.1 Å². The van der Waals surface area contributed by atoms with E-state index in [0.717, 1.165) is 28.7 Å². The summed E-state index contributed by atoms with van der Waals surface area (Å²) in [6.07, 6.45) is 2.66. The monoisotopic (exact) mass is 284 g/mol. The summed E-state index contributed by atoms with van der Waals surface area (Å²) >= 11 is 0. The van der Waals surface area contributed by atoms with Crippen LogP contribution in [-0.2, 0) is 11.4 Å². The van der Waals surface area contributed by atoms with Crippen LogP contribution in [-0.4, -0.2) is 18.2 Å². The quantitative estimate of drug-likeness (QED) is 0.826. The molecule has 0 atom stereocenters. The van der Waals surface area contributed by atoms with Gasteiger partial charge in [0.25, 0.3) is 0 Å². The Kier molecular flexibility index (Phi) is 4.99. The first-order valence-electron chi connectivity index (χ1n) is 6.44. The summed E-state index contributed by atoms with van der Waals surface area (Å²) in [6, 6.07) is 14.9. The molecule has 0 aliphatic carbocycles. The van der Waals surface area contributed by atoms with Crippen LogP contribution in [0.4, 0.5) is 0 Å². The average Bonchev–Trinajstić information content (AvgIpc) is 2.52. The number of ether oxygens (including phenoxy) is 2. The summed E-state index contributed by atoms with van der Waals surface area (Å²) in [5, 5.41) is 8.57. The predicted molar refractivity (Wildman–Crippen MR) is 80.4 cm³/mol. The summed E-state index contributed by atoms with van der Waals surface area (Å²) in [5.41, 5.74) is 1.84. The van der Waals surface area contributed by atoms with Gasteiger partial charge in [0.2, 0.25) is 0 Å². The number of carbonyl (C=O) groups is 1. The van der Waals surface area contributed by atoms with Gasteiger partial charge < -0.3 is 14.6 Å². The standard InChI is InChI=1S/C17H16O4/c1-20-15-3-2-4-16(11-15)21-12-14-7-5-13(6-8-14)9-10-17(18)19/h2-11H,12H2,1H3,(H,18,19). The molecule has 0 heterocycles. The lowest BCUT2D eigenvalue weighted by molar-refractivity contribution is -0.131. The minimum absolute atomic E-state index is 0.441. The zero-order valence-corrected chi connectivity index (χ0v) is 11.7. The van der Waals surface area contributed by atoms with Crippen molar-refractivity contribution in [3.8, 4) is 11.5 Å². The molecule has 21 heavy (non-hydrogen) atoms. The number of hydrogen-bond donors (Lipinski definition) is 1. The Hall–Kier alpha value is -2.75. The Balaban J connectivity index is 1.95. The van der Waals surface area contributed by atoms with Crippen molar-refractivity contribution >= 4 is 12.0 Å². The lowest BCUT2D eigenvalue weighted by atomic mass is 10.1. The minimum Gasteiger partial charge on any atom is -0.497 e. The molecule has 2 rings (SSSR count). The second kappa shape index (κ2) is 7.14. The number of methoxy groups -OCH3 is 1. The van der Waals surface area contributed by atoms with Crippen LogP contribution in [0.2, 0.25) is 0 Å². The largest absolute Gasteiger partial charge is 0.497 e. The summed E-state index contributed by atoms with van der Waals surface area (Å²) in [7, 11) is 1.61. The maximum absolute atomic E-state index is 10.4. The van der Waals surface area contributed by atoms with Crippen molar-refractivity contribution in [1.29, 1.82) is 0 Å². The molecule has 0 radical (unpaired) electrons. The van der Waals surface area contributed by atoms with Gasteiger partial charge in [0.05, 0.1) is 7.11 Å². The number of aliphatic carboxylic acids is 1. The van der Waals surface area contributed by atoms with Gasteiger partial charge in [0.1, 0.15) is 18.1 Å². The molecule has 1 N–H and O–H groups in total.